The normalized spacial score (nSPS) is 37.8. The third-order valence-electron chi connectivity index (χ3n) is 3.11. The molecule has 1 aliphatic carbocycles. The minimum absolute atomic E-state index is 0.170. The molecule has 0 radical (unpaired) electrons. The first-order valence-electron chi connectivity index (χ1n) is 4.70. The van der Waals surface area contributed by atoms with Gasteiger partial charge in [-0.05, 0) is 24.8 Å². The van der Waals surface area contributed by atoms with Gasteiger partial charge in [0.25, 0.3) is 0 Å². The quantitative estimate of drug-likeness (QED) is 0.642. The fourth-order valence-electron chi connectivity index (χ4n) is 2.12. The summed E-state index contributed by atoms with van der Waals surface area (Å²) in [7, 11) is 0. The van der Waals surface area contributed by atoms with Crippen LogP contribution in [0.1, 0.15) is 12.8 Å². The van der Waals surface area contributed by atoms with Crippen LogP contribution in [0.5, 0.6) is 0 Å². The molecule has 2 N–H and O–H groups in total. The van der Waals surface area contributed by atoms with Crippen molar-refractivity contribution in [3.63, 3.8) is 0 Å². The topological polar surface area (TPSA) is 55.4 Å². The third-order valence-corrected chi connectivity index (χ3v) is 3.11. The molecule has 0 saturated heterocycles. The predicted octanol–water partition coefficient (Wildman–Crippen LogP) is 0.550. The molecular formula is C10H14N2O. The summed E-state index contributed by atoms with van der Waals surface area (Å²) in [5.41, 5.74) is 5.59. The number of dihydropyridines is 1. The van der Waals surface area contributed by atoms with E-state index in [0.717, 1.165) is 6.29 Å². The summed E-state index contributed by atoms with van der Waals surface area (Å²) in [6.07, 6.45) is 8.95. The lowest BCUT2D eigenvalue weighted by Crippen LogP contribution is -2.43. The molecule has 1 fully saturated rings. The van der Waals surface area contributed by atoms with Gasteiger partial charge in [-0.15, -0.1) is 0 Å². The zero-order valence-electron chi connectivity index (χ0n) is 7.52. The number of hydrogen-bond donors (Lipinski definition) is 1. The highest BCUT2D eigenvalue weighted by atomic mass is 16.1. The van der Waals surface area contributed by atoms with Crippen LogP contribution in [0.3, 0.4) is 0 Å². The molecule has 0 aromatic heterocycles. The zero-order chi connectivity index (χ0) is 9.31. The van der Waals surface area contributed by atoms with Gasteiger partial charge in [0.2, 0.25) is 0 Å². The van der Waals surface area contributed by atoms with Crippen LogP contribution in [0.15, 0.2) is 17.1 Å². The monoisotopic (exact) mass is 178 g/mol. The molecule has 3 heteroatoms. The van der Waals surface area contributed by atoms with Crippen LogP contribution in [0.4, 0.5) is 0 Å². The summed E-state index contributed by atoms with van der Waals surface area (Å²) in [5, 5.41) is 0. The molecule has 2 aliphatic rings. The van der Waals surface area contributed by atoms with Crippen molar-refractivity contribution in [2.24, 2.45) is 22.1 Å². The van der Waals surface area contributed by atoms with Crippen LogP contribution in [0.2, 0.25) is 0 Å². The Hall–Kier alpha value is -0.960. The van der Waals surface area contributed by atoms with Gasteiger partial charge in [-0.2, -0.15) is 0 Å². The number of allylic oxidation sites excluding steroid dienone is 1. The molecule has 2 atom stereocenters. The first kappa shape index (κ1) is 8.63. The maximum absolute atomic E-state index is 10.9. The van der Waals surface area contributed by atoms with Crippen LogP contribution in [0, 0.1) is 11.3 Å². The number of aliphatic imine (C=N–C) groups is 1. The second-order valence-corrected chi connectivity index (χ2v) is 3.83. The number of carbonyl (C=O) groups excluding carboxylic acids is 1. The summed E-state index contributed by atoms with van der Waals surface area (Å²) in [4.78, 5) is 15.0. The molecule has 70 valence electrons. The molecule has 0 aromatic rings. The van der Waals surface area contributed by atoms with E-state index in [1.165, 1.54) is 12.8 Å². The highest BCUT2D eigenvalue weighted by Crippen LogP contribution is 2.49. The molecule has 0 spiro atoms. The van der Waals surface area contributed by atoms with Gasteiger partial charge < -0.3 is 10.5 Å². The average Bonchev–Trinajstić information content (AvgIpc) is 3.01. The van der Waals surface area contributed by atoms with Crippen molar-refractivity contribution in [3.05, 3.63) is 12.2 Å². The van der Waals surface area contributed by atoms with Gasteiger partial charge >= 0.3 is 0 Å². The molecule has 2 unspecified atom stereocenters. The predicted molar refractivity (Wildman–Crippen MR) is 51.7 cm³/mol. The van der Waals surface area contributed by atoms with E-state index >= 15 is 0 Å². The summed E-state index contributed by atoms with van der Waals surface area (Å²) in [6, 6.07) is -0.255. The maximum atomic E-state index is 10.9. The Morgan fingerprint density at radius 1 is 1.62 bits per heavy atom. The Balaban J connectivity index is 2.29. The van der Waals surface area contributed by atoms with Crippen LogP contribution in [-0.2, 0) is 4.79 Å². The minimum Gasteiger partial charge on any atom is -0.330 e. The first-order valence-corrected chi connectivity index (χ1v) is 4.70. The Morgan fingerprint density at radius 3 is 2.92 bits per heavy atom. The number of nitrogens with zero attached hydrogens (tertiary/aromatic N) is 1. The van der Waals surface area contributed by atoms with Gasteiger partial charge in [0.15, 0.2) is 0 Å². The van der Waals surface area contributed by atoms with Crippen LogP contribution >= 0.6 is 0 Å². The number of carbonyl (C=O) groups is 1. The fraction of sp³-hybridized carbons (Fsp3) is 0.600. The van der Waals surface area contributed by atoms with Crippen molar-refractivity contribution >= 4 is 12.5 Å². The van der Waals surface area contributed by atoms with Crippen molar-refractivity contribution in [2.45, 2.75) is 18.9 Å². The highest BCUT2D eigenvalue weighted by Gasteiger charge is 2.48. The van der Waals surface area contributed by atoms with E-state index in [1.807, 2.05) is 6.08 Å². The average molecular weight is 178 g/mol. The smallest absolute Gasteiger partial charge is 0.145 e. The molecule has 13 heavy (non-hydrogen) atoms. The van der Waals surface area contributed by atoms with Crippen molar-refractivity contribution in [1.29, 1.82) is 0 Å². The molecule has 3 nitrogen and oxygen atoms in total. The zero-order valence-corrected chi connectivity index (χ0v) is 7.52. The number of rotatable bonds is 3. The van der Waals surface area contributed by atoms with E-state index < -0.39 is 0 Å². The molecule has 1 aliphatic heterocycles. The van der Waals surface area contributed by atoms with Crippen molar-refractivity contribution in [3.8, 4) is 0 Å². The Morgan fingerprint density at radius 2 is 2.38 bits per heavy atom. The standard InChI is InChI=1S/C10H14N2O/c11-7-10(8-2-3-8)4-1-5-12-9(10)6-13/h1,4-6,8-9H,2-3,7,11H2. The molecule has 1 saturated carbocycles. The third kappa shape index (κ3) is 1.23. The van der Waals surface area contributed by atoms with Gasteiger partial charge in [0, 0.05) is 18.2 Å². The molecule has 0 bridgehead atoms. The van der Waals surface area contributed by atoms with Gasteiger partial charge in [0.05, 0.1) is 0 Å². The van der Waals surface area contributed by atoms with Gasteiger partial charge in [0.1, 0.15) is 12.3 Å². The largest absolute Gasteiger partial charge is 0.330 e. The van der Waals surface area contributed by atoms with Crippen LogP contribution in [0.25, 0.3) is 0 Å². The summed E-state index contributed by atoms with van der Waals surface area (Å²) >= 11 is 0. The maximum Gasteiger partial charge on any atom is 0.145 e. The molecule has 0 amide bonds. The Kier molecular flexibility index (Phi) is 2.04. The molecule has 2 rings (SSSR count). The summed E-state index contributed by atoms with van der Waals surface area (Å²) < 4.78 is 0. The van der Waals surface area contributed by atoms with Crippen molar-refractivity contribution in [2.75, 3.05) is 6.54 Å². The van der Waals surface area contributed by atoms with E-state index in [2.05, 4.69) is 11.1 Å². The summed E-state index contributed by atoms with van der Waals surface area (Å²) in [5.74, 6) is 0.571. The number of aldehydes is 1. The second-order valence-electron chi connectivity index (χ2n) is 3.83. The fourth-order valence-corrected chi connectivity index (χ4v) is 2.12. The van der Waals surface area contributed by atoms with Crippen molar-refractivity contribution < 1.29 is 4.79 Å². The lowest BCUT2D eigenvalue weighted by molar-refractivity contribution is -0.110. The van der Waals surface area contributed by atoms with Crippen molar-refractivity contribution in [1.82, 2.24) is 0 Å². The van der Waals surface area contributed by atoms with E-state index in [1.54, 1.807) is 6.21 Å². The highest BCUT2D eigenvalue weighted by molar-refractivity contribution is 5.77. The molecular weight excluding hydrogens is 164 g/mol. The number of nitrogens with two attached hydrogens (primary N) is 1. The van der Waals surface area contributed by atoms with Gasteiger partial charge in [-0.1, -0.05) is 6.08 Å². The molecule has 0 aromatic carbocycles. The lowest BCUT2D eigenvalue weighted by atomic mass is 9.75. The van der Waals surface area contributed by atoms with Crippen LogP contribution < -0.4 is 5.73 Å². The van der Waals surface area contributed by atoms with Gasteiger partial charge in [-0.25, -0.2) is 0 Å². The molecule has 1 heterocycles. The lowest BCUT2D eigenvalue weighted by Gasteiger charge is -2.34. The first-order chi connectivity index (χ1) is 6.33. The summed E-state index contributed by atoms with van der Waals surface area (Å²) in [6.45, 7) is 0.523. The van der Waals surface area contributed by atoms with Gasteiger partial charge in [-0.3, -0.25) is 4.99 Å². The second kappa shape index (κ2) is 3.07. The minimum atomic E-state index is -0.255. The van der Waals surface area contributed by atoms with Crippen LogP contribution in [-0.4, -0.2) is 25.1 Å². The van der Waals surface area contributed by atoms with E-state index in [-0.39, 0.29) is 11.5 Å². The van der Waals surface area contributed by atoms with E-state index in [9.17, 15) is 4.79 Å². The number of hydrogen-bond acceptors (Lipinski definition) is 3. The van der Waals surface area contributed by atoms with E-state index in [0.29, 0.717) is 12.5 Å². The van der Waals surface area contributed by atoms with E-state index in [4.69, 9.17) is 5.73 Å². The Labute approximate surface area is 77.7 Å². The SMILES string of the molecule is NCC1(C2CC2)C=CC=NC1C=O. The Bertz CT molecular complexity index is 268.